The van der Waals surface area contributed by atoms with Crippen molar-refractivity contribution in [2.24, 2.45) is 0 Å². The van der Waals surface area contributed by atoms with Crippen molar-refractivity contribution in [2.75, 3.05) is 14.2 Å². The van der Waals surface area contributed by atoms with Gasteiger partial charge in [0.05, 0.1) is 6.10 Å². The fraction of sp³-hybridized carbons (Fsp3) is 1.00. The molecule has 0 aromatic carbocycles. The van der Waals surface area contributed by atoms with Crippen molar-refractivity contribution in [3.8, 4) is 0 Å². The second kappa shape index (κ2) is 4.34. The number of aliphatic hydroxyl groups excluding tert-OH is 2. The second-order valence-electron chi connectivity index (χ2n) is 3.13. The Morgan fingerprint density at radius 1 is 1.08 bits per heavy atom. The Morgan fingerprint density at radius 3 is 2.15 bits per heavy atom. The molecule has 0 spiro atoms. The van der Waals surface area contributed by atoms with E-state index < -0.39 is 24.6 Å². The standard InChI is InChI=1S/C8H16O5/c1-4-7(11-2)5(9)6(10)8(12-3)13-4/h4-10H,1-3H3/t4-,5-,6-,7-,8+/m0/s1. The third-order valence-corrected chi connectivity index (χ3v) is 2.28. The second-order valence-corrected chi connectivity index (χ2v) is 3.13. The summed E-state index contributed by atoms with van der Waals surface area (Å²) in [5.74, 6) is 0. The predicted molar refractivity (Wildman–Crippen MR) is 44.2 cm³/mol. The lowest BCUT2D eigenvalue weighted by atomic mass is 10.00. The first-order valence-corrected chi connectivity index (χ1v) is 4.19. The number of ether oxygens (including phenoxy) is 3. The lowest BCUT2D eigenvalue weighted by Gasteiger charge is -2.39. The molecule has 78 valence electrons. The van der Waals surface area contributed by atoms with Gasteiger partial charge in [-0.25, -0.2) is 0 Å². The molecule has 1 aliphatic rings. The van der Waals surface area contributed by atoms with Crippen LogP contribution in [0.5, 0.6) is 0 Å². The summed E-state index contributed by atoms with van der Waals surface area (Å²) in [6.07, 6.45) is -3.63. The Bertz CT molecular complexity index is 163. The minimum atomic E-state index is -1.06. The van der Waals surface area contributed by atoms with E-state index in [2.05, 4.69) is 0 Å². The third kappa shape index (κ3) is 2.00. The first-order chi connectivity index (χ1) is 6.11. The van der Waals surface area contributed by atoms with Crippen LogP contribution < -0.4 is 0 Å². The van der Waals surface area contributed by atoms with Gasteiger partial charge in [0.2, 0.25) is 0 Å². The van der Waals surface area contributed by atoms with Crippen LogP contribution in [0.3, 0.4) is 0 Å². The molecular weight excluding hydrogens is 176 g/mol. The van der Waals surface area contributed by atoms with E-state index in [0.29, 0.717) is 0 Å². The van der Waals surface area contributed by atoms with Crippen molar-refractivity contribution in [1.29, 1.82) is 0 Å². The number of methoxy groups -OCH3 is 2. The maximum atomic E-state index is 9.57. The van der Waals surface area contributed by atoms with Crippen LogP contribution in [0.15, 0.2) is 0 Å². The van der Waals surface area contributed by atoms with Crippen LogP contribution in [-0.4, -0.2) is 55.1 Å². The lowest BCUT2D eigenvalue weighted by Crippen LogP contribution is -2.57. The first kappa shape index (κ1) is 10.9. The zero-order valence-corrected chi connectivity index (χ0v) is 8.01. The highest BCUT2D eigenvalue weighted by Gasteiger charge is 2.42. The van der Waals surface area contributed by atoms with E-state index in [0.717, 1.165) is 0 Å². The SMILES string of the molecule is CO[C@@H]1O[C@@H](C)[C@H](OC)[C@@H](O)[C@@H]1O. The fourth-order valence-corrected chi connectivity index (χ4v) is 1.53. The Hall–Kier alpha value is -0.200. The summed E-state index contributed by atoms with van der Waals surface area (Å²) < 4.78 is 15.1. The van der Waals surface area contributed by atoms with Crippen molar-refractivity contribution < 1.29 is 24.4 Å². The van der Waals surface area contributed by atoms with Crippen molar-refractivity contribution in [3.05, 3.63) is 0 Å². The maximum Gasteiger partial charge on any atom is 0.186 e. The molecule has 0 amide bonds. The Labute approximate surface area is 77.2 Å². The van der Waals surface area contributed by atoms with Crippen LogP contribution in [0.2, 0.25) is 0 Å². The van der Waals surface area contributed by atoms with Crippen LogP contribution in [-0.2, 0) is 14.2 Å². The summed E-state index contributed by atoms with van der Waals surface area (Å²) in [6.45, 7) is 1.76. The molecule has 0 radical (unpaired) electrons. The zero-order chi connectivity index (χ0) is 10.0. The largest absolute Gasteiger partial charge is 0.387 e. The van der Waals surface area contributed by atoms with Crippen molar-refractivity contribution in [2.45, 2.75) is 37.6 Å². The van der Waals surface area contributed by atoms with Gasteiger partial charge in [0.15, 0.2) is 6.29 Å². The Kier molecular flexibility index (Phi) is 3.63. The Balaban J connectivity index is 2.66. The number of aliphatic hydroxyl groups is 2. The molecule has 2 N–H and O–H groups in total. The molecule has 5 atom stereocenters. The Morgan fingerprint density at radius 2 is 1.69 bits per heavy atom. The van der Waals surface area contributed by atoms with Gasteiger partial charge in [0, 0.05) is 14.2 Å². The van der Waals surface area contributed by atoms with Crippen molar-refractivity contribution in [1.82, 2.24) is 0 Å². The minimum Gasteiger partial charge on any atom is -0.387 e. The average molecular weight is 192 g/mol. The van der Waals surface area contributed by atoms with Gasteiger partial charge in [-0.1, -0.05) is 0 Å². The van der Waals surface area contributed by atoms with Gasteiger partial charge in [-0.3, -0.25) is 0 Å². The number of hydrogen-bond donors (Lipinski definition) is 2. The molecule has 13 heavy (non-hydrogen) atoms. The normalized spacial score (nSPS) is 46.4. The number of rotatable bonds is 2. The van der Waals surface area contributed by atoms with E-state index in [1.165, 1.54) is 14.2 Å². The van der Waals surface area contributed by atoms with Crippen molar-refractivity contribution in [3.63, 3.8) is 0 Å². The van der Waals surface area contributed by atoms with Crippen LogP contribution in [0.25, 0.3) is 0 Å². The summed E-state index contributed by atoms with van der Waals surface area (Å²) in [7, 11) is 2.88. The van der Waals surface area contributed by atoms with Gasteiger partial charge in [0.25, 0.3) is 0 Å². The molecule has 1 heterocycles. The summed E-state index contributed by atoms with van der Waals surface area (Å²) in [5, 5.41) is 19.1. The molecule has 1 aliphatic heterocycles. The highest BCUT2D eigenvalue weighted by molar-refractivity contribution is 4.87. The smallest absolute Gasteiger partial charge is 0.186 e. The zero-order valence-electron chi connectivity index (χ0n) is 8.01. The molecule has 0 aromatic heterocycles. The van der Waals surface area contributed by atoms with Gasteiger partial charge in [0.1, 0.15) is 18.3 Å². The third-order valence-electron chi connectivity index (χ3n) is 2.28. The monoisotopic (exact) mass is 192 g/mol. The molecule has 5 heteroatoms. The molecule has 1 rings (SSSR count). The minimum absolute atomic E-state index is 0.298. The number of hydrogen-bond acceptors (Lipinski definition) is 5. The molecule has 0 saturated carbocycles. The van der Waals surface area contributed by atoms with E-state index >= 15 is 0 Å². The van der Waals surface area contributed by atoms with Gasteiger partial charge in [-0.2, -0.15) is 0 Å². The van der Waals surface area contributed by atoms with Crippen LogP contribution in [0, 0.1) is 0 Å². The predicted octanol–water partition coefficient (Wildman–Crippen LogP) is -0.886. The molecule has 1 fully saturated rings. The summed E-state index contributed by atoms with van der Waals surface area (Å²) in [5.41, 5.74) is 0. The average Bonchev–Trinajstić information content (AvgIpc) is 2.12. The van der Waals surface area contributed by atoms with Crippen LogP contribution in [0.4, 0.5) is 0 Å². The van der Waals surface area contributed by atoms with Crippen molar-refractivity contribution >= 4 is 0 Å². The topological polar surface area (TPSA) is 68.2 Å². The van der Waals surface area contributed by atoms with E-state index in [1.54, 1.807) is 6.92 Å². The molecule has 0 unspecified atom stereocenters. The summed E-state index contributed by atoms with van der Waals surface area (Å²) in [4.78, 5) is 0. The maximum absolute atomic E-state index is 9.57. The van der Waals surface area contributed by atoms with E-state index in [9.17, 15) is 10.2 Å². The summed E-state index contributed by atoms with van der Waals surface area (Å²) >= 11 is 0. The highest BCUT2D eigenvalue weighted by atomic mass is 16.7. The summed E-state index contributed by atoms with van der Waals surface area (Å²) in [6, 6.07) is 0. The first-order valence-electron chi connectivity index (χ1n) is 4.19. The van der Waals surface area contributed by atoms with E-state index in [4.69, 9.17) is 14.2 Å². The van der Waals surface area contributed by atoms with Gasteiger partial charge >= 0.3 is 0 Å². The van der Waals surface area contributed by atoms with Gasteiger partial charge < -0.3 is 24.4 Å². The molecule has 0 bridgehead atoms. The van der Waals surface area contributed by atoms with E-state index in [1.807, 2.05) is 0 Å². The van der Waals surface area contributed by atoms with Crippen LogP contribution in [0.1, 0.15) is 6.92 Å². The van der Waals surface area contributed by atoms with E-state index in [-0.39, 0.29) is 6.10 Å². The highest BCUT2D eigenvalue weighted by Crippen LogP contribution is 2.22. The molecule has 1 saturated heterocycles. The lowest BCUT2D eigenvalue weighted by molar-refractivity contribution is -0.289. The molecular formula is C8H16O5. The molecule has 5 nitrogen and oxygen atoms in total. The molecule has 0 aromatic rings. The van der Waals surface area contributed by atoms with Gasteiger partial charge in [-0.05, 0) is 6.92 Å². The van der Waals surface area contributed by atoms with Crippen LogP contribution >= 0.6 is 0 Å². The fourth-order valence-electron chi connectivity index (χ4n) is 1.53. The molecule has 0 aliphatic carbocycles. The van der Waals surface area contributed by atoms with Gasteiger partial charge in [-0.15, -0.1) is 0 Å². The quantitative estimate of drug-likeness (QED) is 0.594.